The summed E-state index contributed by atoms with van der Waals surface area (Å²) in [5.41, 5.74) is 3.38. The van der Waals surface area contributed by atoms with Crippen molar-refractivity contribution in [3.8, 4) is 0 Å². The van der Waals surface area contributed by atoms with E-state index in [1.165, 1.54) is 5.69 Å². The third-order valence-electron chi connectivity index (χ3n) is 3.20. The molecule has 88 valence electrons. The van der Waals surface area contributed by atoms with Crippen molar-refractivity contribution in [2.24, 2.45) is 0 Å². The van der Waals surface area contributed by atoms with Gasteiger partial charge in [0.1, 0.15) is 0 Å². The van der Waals surface area contributed by atoms with E-state index < -0.39 is 0 Å². The summed E-state index contributed by atoms with van der Waals surface area (Å²) in [4.78, 5) is 2.36. The van der Waals surface area contributed by atoms with Crippen molar-refractivity contribution in [2.45, 2.75) is 26.5 Å². The molecule has 1 fully saturated rings. The smallest absolute Gasteiger partial charge is 0.0684 e. The third-order valence-corrected chi connectivity index (χ3v) is 3.20. The number of nitrogens with zero attached hydrogens (tertiary/aromatic N) is 1. The van der Waals surface area contributed by atoms with Gasteiger partial charge in [-0.05, 0) is 37.1 Å². The van der Waals surface area contributed by atoms with E-state index in [1.807, 2.05) is 13.0 Å². The van der Waals surface area contributed by atoms with E-state index in [0.29, 0.717) is 6.04 Å². The van der Waals surface area contributed by atoms with Crippen LogP contribution in [0, 0.1) is 6.92 Å². The molecule has 1 heterocycles. The topological polar surface area (TPSA) is 32.7 Å². The number of hydrogen-bond acceptors (Lipinski definition) is 3. The first kappa shape index (κ1) is 11.4. The number of aliphatic hydroxyl groups is 1. The zero-order chi connectivity index (χ0) is 11.5. The molecule has 3 heteroatoms. The minimum absolute atomic E-state index is 0.116. The van der Waals surface area contributed by atoms with Gasteiger partial charge >= 0.3 is 0 Å². The maximum absolute atomic E-state index is 9.14. The Balaban J connectivity index is 2.22. The first-order valence-electron chi connectivity index (χ1n) is 5.77. The fourth-order valence-corrected chi connectivity index (χ4v) is 2.15. The van der Waals surface area contributed by atoms with Gasteiger partial charge in [-0.1, -0.05) is 6.07 Å². The van der Waals surface area contributed by atoms with E-state index in [9.17, 15) is 0 Å². The van der Waals surface area contributed by atoms with Crippen LogP contribution in [0.25, 0.3) is 0 Å². The lowest BCUT2D eigenvalue weighted by Crippen LogP contribution is -2.43. The molecule has 1 aliphatic heterocycles. The Morgan fingerprint density at radius 3 is 2.94 bits per heavy atom. The van der Waals surface area contributed by atoms with Gasteiger partial charge in [0.2, 0.25) is 0 Å². The molecule has 0 aliphatic carbocycles. The standard InChI is InChI=1S/C13H19NO2/c1-10-7-13(4-3-12(10)8-15)14-5-6-16-9-11(14)2/h3-4,7,11,15H,5-6,8-9H2,1-2H3. The maximum atomic E-state index is 9.14. The van der Waals surface area contributed by atoms with Crippen molar-refractivity contribution in [3.63, 3.8) is 0 Å². The van der Waals surface area contributed by atoms with Crippen LogP contribution in [0.5, 0.6) is 0 Å². The highest BCUT2D eigenvalue weighted by Crippen LogP contribution is 2.22. The summed E-state index contributed by atoms with van der Waals surface area (Å²) in [5, 5.41) is 9.14. The summed E-state index contributed by atoms with van der Waals surface area (Å²) in [6.45, 7) is 6.87. The molecule has 0 bridgehead atoms. The predicted octanol–water partition coefficient (Wildman–Crippen LogP) is 1.71. The van der Waals surface area contributed by atoms with Gasteiger partial charge in [-0.2, -0.15) is 0 Å². The molecular formula is C13H19NO2. The highest BCUT2D eigenvalue weighted by molar-refractivity contribution is 5.51. The van der Waals surface area contributed by atoms with E-state index in [1.54, 1.807) is 0 Å². The van der Waals surface area contributed by atoms with Crippen LogP contribution in [-0.2, 0) is 11.3 Å². The van der Waals surface area contributed by atoms with Gasteiger partial charge in [-0.15, -0.1) is 0 Å². The van der Waals surface area contributed by atoms with Gasteiger partial charge in [0.05, 0.1) is 19.8 Å². The normalized spacial score (nSPS) is 21.2. The summed E-state index contributed by atoms with van der Waals surface area (Å²) in [7, 11) is 0. The molecule has 1 saturated heterocycles. The molecule has 1 atom stereocenters. The van der Waals surface area contributed by atoms with E-state index in [4.69, 9.17) is 9.84 Å². The van der Waals surface area contributed by atoms with E-state index >= 15 is 0 Å². The van der Waals surface area contributed by atoms with Crippen LogP contribution in [0.1, 0.15) is 18.1 Å². The van der Waals surface area contributed by atoms with Crippen molar-refractivity contribution in [1.29, 1.82) is 0 Å². The van der Waals surface area contributed by atoms with E-state index in [0.717, 1.165) is 30.9 Å². The minimum Gasteiger partial charge on any atom is -0.392 e. The second-order valence-electron chi connectivity index (χ2n) is 4.39. The number of morpholine rings is 1. The molecule has 0 spiro atoms. The predicted molar refractivity (Wildman–Crippen MR) is 64.7 cm³/mol. The van der Waals surface area contributed by atoms with Crippen LogP contribution < -0.4 is 4.90 Å². The molecule has 3 nitrogen and oxygen atoms in total. The molecular weight excluding hydrogens is 202 g/mol. The molecule has 1 N–H and O–H groups in total. The zero-order valence-electron chi connectivity index (χ0n) is 9.94. The van der Waals surface area contributed by atoms with Crippen LogP contribution in [0.3, 0.4) is 0 Å². The Kier molecular flexibility index (Phi) is 3.46. The second kappa shape index (κ2) is 4.85. The Hall–Kier alpha value is -1.06. The number of ether oxygens (including phenoxy) is 1. The fourth-order valence-electron chi connectivity index (χ4n) is 2.15. The third kappa shape index (κ3) is 2.20. The minimum atomic E-state index is 0.116. The largest absolute Gasteiger partial charge is 0.392 e. The lowest BCUT2D eigenvalue weighted by Gasteiger charge is -2.35. The zero-order valence-corrected chi connectivity index (χ0v) is 9.94. The number of rotatable bonds is 2. The van der Waals surface area contributed by atoms with Gasteiger partial charge < -0.3 is 14.7 Å². The number of hydrogen-bond donors (Lipinski definition) is 1. The summed E-state index contributed by atoms with van der Waals surface area (Å²) >= 11 is 0. The van der Waals surface area contributed by atoms with Crippen molar-refractivity contribution in [2.75, 3.05) is 24.7 Å². The van der Waals surface area contributed by atoms with Crippen LogP contribution in [-0.4, -0.2) is 30.9 Å². The van der Waals surface area contributed by atoms with Gasteiger partial charge in [0.25, 0.3) is 0 Å². The van der Waals surface area contributed by atoms with Gasteiger partial charge in [-0.25, -0.2) is 0 Å². The molecule has 0 saturated carbocycles. The Morgan fingerprint density at radius 2 is 2.31 bits per heavy atom. The average molecular weight is 221 g/mol. The number of aliphatic hydroxyl groups excluding tert-OH is 1. The van der Waals surface area contributed by atoms with Crippen molar-refractivity contribution in [1.82, 2.24) is 0 Å². The first-order chi connectivity index (χ1) is 7.72. The Labute approximate surface area is 96.6 Å². The Morgan fingerprint density at radius 1 is 1.50 bits per heavy atom. The lowest BCUT2D eigenvalue weighted by atomic mass is 10.1. The lowest BCUT2D eigenvalue weighted by molar-refractivity contribution is 0.0989. The monoisotopic (exact) mass is 221 g/mol. The van der Waals surface area contributed by atoms with E-state index in [2.05, 4.69) is 24.0 Å². The van der Waals surface area contributed by atoms with Crippen molar-refractivity contribution < 1.29 is 9.84 Å². The SMILES string of the molecule is Cc1cc(N2CCOCC2C)ccc1CO. The molecule has 0 radical (unpaired) electrons. The summed E-state index contributed by atoms with van der Waals surface area (Å²) in [6.07, 6.45) is 0. The molecule has 0 aromatic heterocycles. The number of benzene rings is 1. The molecule has 0 amide bonds. The maximum Gasteiger partial charge on any atom is 0.0684 e. The van der Waals surface area contributed by atoms with Crippen LogP contribution in [0.4, 0.5) is 5.69 Å². The number of aryl methyl sites for hydroxylation is 1. The molecule has 1 unspecified atom stereocenters. The highest BCUT2D eigenvalue weighted by atomic mass is 16.5. The van der Waals surface area contributed by atoms with Crippen molar-refractivity contribution in [3.05, 3.63) is 29.3 Å². The highest BCUT2D eigenvalue weighted by Gasteiger charge is 2.19. The van der Waals surface area contributed by atoms with Crippen LogP contribution in [0.15, 0.2) is 18.2 Å². The van der Waals surface area contributed by atoms with Gasteiger partial charge in [0, 0.05) is 18.3 Å². The average Bonchev–Trinajstić information content (AvgIpc) is 2.29. The summed E-state index contributed by atoms with van der Waals surface area (Å²) in [6, 6.07) is 6.66. The van der Waals surface area contributed by atoms with Crippen molar-refractivity contribution >= 4 is 5.69 Å². The molecule has 16 heavy (non-hydrogen) atoms. The van der Waals surface area contributed by atoms with Crippen LogP contribution in [0.2, 0.25) is 0 Å². The molecule has 1 aromatic rings. The van der Waals surface area contributed by atoms with Gasteiger partial charge in [-0.3, -0.25) is 0 Å². The summed E-state index contributed by atoms with van der Waals surface area (Å²) < 4.78 is 5.43. The van der Waals surface area contributed by atoms with Gasteiger partial charge in [0.15, 0.2) is 0 Å². The van der Waals surface area contributed by atoms with E-state index in [-0.39, 0.29) is 6.61 Å². The Bertz CT molecular complexity index is 365. The second-order valence-corrected chi connectivity index (χ2v) is 4.39. The number of anilines is 1. The molecule has 2 rings (SSSR count). The molecule has 1 aromatic carbocycles. The first-order valence-corrected chi connectivity index (χ1v) is 5.77. The molecule has 1 aliphatic rings. The quantitative estimate of drug-likeness (QED) is 0.825. The summed E-state index contributed by atoms with van der Waals surface area (Å²) in [5.74, 6) is 0. The van der Waals surface area contributed by atoms with Crippen LogP contribution >= 0.6 is 0 Å². The fraction of sp³-hybridized carbons (Fsp3) is 0.538.